The highest BCUT2D eigenvalue weighted by Crippen LogP contribution is 2.45. The van der Waals surface area contributed by atoms with Crippen molar-refractivity contribution in [2.75, 3.05) is 25.1 Å². The van der Waals surface area contributed by atoms with E-state index in [4.69, 9.17) is 9.88 Å². The van der Waals surface area contributed by atoms with Crippen LogP contribution in [0.1, 0.15) is 30.2 Å². The average Bonchev–Trinajstić information content (AvgIpc) is 2.98. The number of aliphatic hydroxyl groups is 1. The zero-order valence-corrected chi connectivity index (χ0v) is 16.5. The Balaban J connectivity index is 1.90. The maximum atomic E-state index is 14.5. The van der Waals surface area contributed by atoms with Crippen LogP contribution in [-0.2, 0) is 18.8 Å². The van der Waals surface area contributed by atoms with E-state index >= 15 is 0 Å². The van der Waals surface area contributed by atoms with E-state index in [2.05, 4.69) is 9.97 Å². The van der Waals surface area contributed by atoms with Crippen LogP contribution in [0.2, 0.25) is 0 Å². The summed E-state index contributed by atoms with van der Waals surface area (Å²) in [5.41, 5.74) is 2.45. The second kappa shape index (κ2) is 7.13. The summed E-state index contributed by atoms with van der Waals surface area (Å²) in [6, 6.07) is 3.75. The largest absolute Gasteiger partial charge is 0.495 e. The Bertz CT molecular complexity index is 894. The van der Waals surface area contributed by atoms with Gasteiger partial charge in [-0.2, -0.15) is 8.78 Å². The van der Waals surface area contributed by atoms with Gasteiger partial charge in [0.2, 0.25) is 5.95 Å². The number of ether oxygens (including phenoxy) is 1. The van der Waals surface area contributed by atoms with Crippen molar-refractivity contribution in [3.8, 4) is 17.0 Å². The predicted molar refractivity (Wildman–Crippen MR) is 104 cm³/mol. The highest BCUT2D eigenvalue weighted by molar-refractivity contribution is 7.97. The maximum absolute atomic E-state index is 14.5. The van der Waals surface area contributed by atoms with Crippen LogP contribution >= 0.6 is 11.9 Å². The Labute approximate surface area is 166 Å². The molecule has 1 aromatic heterocycles. The summed E-state index contributed by atoms with van der Waals surface area (Å²) >= 11 is 1.06. The smallest absolute Gasteiger partial charge is 0.290 e. The van der Waals surface area contributed by atoms with Gasteiger partial charge in [0, 0.05) is 30.6 Å². The summed E-state index contributed by atoms with van der Waals surface area (Å²) in [5.74, 6) is -2.05. The van der Waals surface area contributed by atoms with Crippen molar-refractivity contribution in [1.29, 1.82) is 0 Å². The molecule has 0 radical (unpaired) electrons. The minimum absolute atomic E-state index is 0.204. The summed E-state index contributed by atoms with van der Waals surface area (Å²) in [7, 11) is 1.59. The number of fused-ring (bicyclic) bond motifs is 1. The monoisotopic (exact) mass is 408 g/mol. The first kappa shape index (κ1) is 19.4. The molecule has 0 unspecified atom stereocenters. The standard InChI is InChI=1S/C19H22F2N4O2S/c1-3-10-6-11(7-14(28-22)16(10)27-2)15-13-4-5-19(20,21)17(13)24-18(23-15)25-8-12(26)9-25/h6-7,12,26H,3-5,8-9,22H2,1-2H3. The number of aromatic nitrogens is 2. The van der Waals surface area contributed by atoms with E-state index in [1.165, 1.54) is 0 Å². The van der Waals surface area contributed by atoms with Gasteiger partial charge in [-0.15, -0.1) is 0 Å². The number of rotatable bonds is 5. The van der Waals surface area contributed by atoms with Crippen molar-refractivity contribution >= 4 is 17.9 Å². The Hall–Kier alpha value is -1.97. The summed E-state index contributed by atoms with van der Waals surface area (Å²) in [6.07, 6.45) is 0.178. The van der Waals surface area contributed by atoms with Gasteiger partial charge in [0.25, 0.3) is 5.92 Å². The lowest BCUT2D eigenvalue weighted by atomic mass is 10.0. The third-order valence-electron chi connectivity index (χ3n) is 5.29. The summed E-state index contributed by atoms with van der Waals surface area (Å²) in [5, 5.41) is 15.4. The number of benzene rings is 1. The number of anilines is 1. The molecule has 2 aliphatic rings. The minimum atomic E-state index is -2.98. The molecule has 4 rings (SSSR count). The SMILES string of the molecule is CCc1cc(-c2nc(N3CC(O)C3)nc3c2CCC3(F)F)cc(SN)c1OC. The number of alkyl halides is 2. The van der Waals surface area contributed by atoms with Crippen LogP contribution in [0.3, 0.4) is 0 Å². The lowest BCUT2D eigenvalue weighted by Gasteiger charge is -2.36. The second-order valence-corrected chi connectivity index (χ2v) is 7.78. The Morgan fingerprint density at radius 3 is 2.71 bits per heavy atom. The molecule has 1 aliphatic carbocycles. The predicted octanol–water partition coefficient (Wildman–Crippen LogP) is 2.90. The molecule has 6 nitrogen and oxygen atoms in total. The second-order valence-electron chi connectivity index (χ2n) is 7.10. The molecule has 9 heteroatoms. The van der Waals surface area contributed by atoms with Crippen molar-refractivity contribution in [2.24, 2.45) is 5.14 Å². The molecule has 1 saturated heterocycles. The Morgan fingerprint density at radius 1 is 1.36 bits per heavy atom. The Morgan fingerprint density at radius 2 is 2.11 bits per heavy atom. The lowest BCUT2D eigenvalue weighted by Crippen LogP contribution is -2.51. The maximum Gasteiger partial charge on any atom is 0.290 e. The number of hydrogen-bond acceptors (Lipinski definition) is 7. The lowest BCUT2D eigenvalue weighted by molar-refractivity contribution is -0.00596. The number of aryl methyl sites for hydroxylation is 1. The highest BCUT2D eigenvalue weighted by Gasteiger charge is 2.44. The molecular weight excluding hydrogens is 386 g/mol. The fraction of sp³-hybridized carbons (Fsp3) is 0.474. The molecule has 3 N–H and O–H groups in total. The molecule has 0 atom stereocenters. The van der Waals surface area contributed by atoms with Crippen LogP contribution in [-0.4, -0.2) is 41.4 Å². The molecule has 28 heavy (non-hydrogen) atoms. The first-order valence-corrected chi connectivity index (χ1v) is 10.1. The van der Waals surface area contributed by atoms with Crippen LogP contribution in [0.25, 0.3) is 11.3 Å². The van der Waals surface area contributed by atoms with Gasteiger partial charge < -0.3 is 14.7 Å². The van der Waals surface area contributed by atoms with Crippen LogP contribution in [0.5, 0.6) is 5.75 Å². The molecule has 1 aromatic carbocycles. The number of aliphatic hydroxyl groups excluding tert-OH is 1. The fourth-order valence-corrected chi connectivity index (χ4v) is 4.31. The van der Waals surface area contributed by atoms with Crippen molar-refractivity contribution < 1.29 is 18.6 Å². The third kappa shape index (κ3) is 3.11. The number of methoxy groups -OCH3 is 1. The Kier molecular flexibility index (Phi) is 4.93. The molecule has 0 amide bonds. The van der Waals surface area contributed by atoms with Gasteiger partial charge in [0.05, 0.1) is 23.8 Å². The van der Waals surface area contributed by atoms with Crippen molar-refractivity contribution in [3.05, 3.63) is 29.0 Å². The number of nitrogens with zero attached hydrogens (tertiary/aromatic N) is 3. The van der Waals surface area contributed by atoms with Gasteiger partial charge in [-0.3, -0.25) is 5.14 Å². The quantitative estimate of drug-likeness (QED) is 0.736. The zero-order chi connectivity index (χ0) is 20.1. The van der Waals surface area contributed by atoms with E-state index in [1.54, 1.807) is 12.0 Å². The van der Waals surface area contributed by atoms with E-state index in [9.17, 15) is 13.9 Å². The average molecular weight is 408 g/mol. The molecule has 2 aromatic rings. The van der Waals surface area contributed by atoms with E-state index in [0.717, 1.165) is 28.0 Å². The van der Waals surface area contributed by atoms with E-state index in [0.29, 0.717) is 36.5 Å². The molecule has 0 bridgehead atoms. The van der Waals surface area contributed by atoms with Crippen LogP contribution in [0.15, 0.2) is 17.0 Å². The minimum Gasteiger partial charge on any atom is -0.495 e. The van der Waals surface area contributed by atoms with Gasteiger partial charge in [-0.1, -0.05) is 6.92 Å². The van der Waals surface area contributed by atoms with Gasteiger partial charge in [-0.25, -0.2) is 9.97 Å². The molecule has 150 valence electrons. The number of nitrogens with two attached hydrogens (primary N) is 1. The van der Waals surface area contributed by atoms with Crippen molar-refractivity contribution in [1.82, 2.24) is 9.97 Å². The van der Waals surface area contributed by atoms with Crippen LogP contribution in [0.4, 0.5) is 14.7 Å². The third-order valence-corrected chi connectivity index (χ3v) is 5.85. The van der Waals surface area contributed by atoms with Crippen LogP contribution in [0, 0.1) is 0 Å². The first-order valence-electron chi connectivity index (χ1n) is 9.18. The summed E-state index contributed by atoms with van der Waals surface area (Å²) < 4.78 is 34.5. The molecule has 1 aliphatic heterocycles. The number of halogens is 2. The number of β-amino-alcohol motifs (C(OH)–C–C–N with tert-alkyl or cyclic N) is 1. The van der Waals surface area contributed by atoms with E-state index in [-0.39, 0.29) is 24.5 Å². The van der Waals surface area contributed by atoms with E-state index < -0.39 is 12.0 Å². The van der Waals surface area contributed by atoms with Gasteiger partial charge in [0.15, 0.2) is 0 Å². The summed E-state index contributed by atoms with van der Waals surface area (Å²) in [4.78, 5) is 11.2. The summed E-state index contributed by atoms with van der Waals surface area (Å²) in [6.45, 7) is 2.69. The molecule has 2 heterocycles. The highest BCUT2D eigenvalue weighted by atomic mass is 32.2. The molecule has 0 spiro atoms. The van der Waals surface area contributed by atoms with Gasteiger partial charge in [0.1, 0.15) is 11.4 Å². The number of hydrogen-bond donors (Lipinski definition) is 2. The molecule has 1 fully saturated rings. The normalized spacial score (nSPS) is 18.1. The topological polar surface area (TPSA) is 84.5 Å². The zero-order valence-electron chi connectivity index (χ0n) is 15.7. The molecular formula is C19H22F2N4O2S. The van der Waals surface area contributed by atoms with Crippen LogP contribution < -0.4 is 14.8 Å². The van der Waals surface area contributed by atoms with Crippen molar-refractivity contribution in [3.63, 3.8) is 0 Å². The van der Waals surface area contributed by atoms with Gasteiger partial charge in [-0.05, 0) is 42.5 Å². The molecule has 0 saturated carbocycles. The fourth-order valence-electron chi connectivity index (χ4n) is 3.79. The van der Waals surface area contributed by atoms with Gasteiger partial charge >= 0.3 is 0 Å². The van der Waals surface area contributed by atoms with E-state index in [1.807, 2.05) is 19.1 Å². The van der Waals surface area contributed by atoms with Crippen molar-refractivity contribution in [2.45, 2.75) is 43.1 Å². The first-order chi connectivity index (χ1) is 13.4.